The summed E-state index contributed by atoms with van der Waals surface area (Å²) < 4.78 is 0. The van der Waals surface area contributed by atoms with E-state index in [-0.39, 0.29) is 18.3 Å². The van der Waals surface area contributed by atoms with E-state index >= 15 is 0 Å². The average molecular weight is 310 g/mol. The number of benzene rings is 1. The van der Waals surface area contributed by atoms with Gasteiger partial charge in [-0.2, -0.15) is 0 Å². The smallest absolute Gasteiger partial charge is 0.225 e. The molecule has 2 atom stereocenters. The van der Waals surface area contributed by atoms with Crippen LogP contribution in [0.15, 0.2) is 30.3 Å². The van der Waals surface area contributed by atoms with Crippen LogP contribution in [0.2, 0.25) is 0 Å². The van der Waals surface area contributed by atoms with Gasteiger partial charge in [0.15, 0.2) is 0 Å². The summed E-state index contributed by atoms with van der Waals surface area (Å²) in [5.41, 5.74) is 0.883. The largest absolute Gasteiger partial charge is 0.326 e. The molecular formula is C16H24ClN3O. The van der Waals surface area contributed by atoms with Crippen molar-refractivity contribution >= 4 is 24.0 Å². The van der Waals surface area contributed by atoms with Gasteiger partial charge in [0.2, 0.25) is 5.91 Å². The summed E-state index contributed by atoms with van der Waals surface area (Å²) in [4.78, 5) is 14.4. The monoisotopic (exact) mass is 309 g/mol. The minimum atomic E-state index is 0. The van der Waals surface area contributed by atoms with Crippen LogP contribution < -0.4 is 10.6 Å². The molecule has 0 aromatic heterocycles. The molecule has 3 rings (SSSR count). The van der Waals surface area contributed by atoms with Crippen LogP contribution in [-0.4, -0.2) is 42.5 Å². The van der Waals surface area contributed by atoms with Crippen molar-refractivity contribution in [1.82, 2.24) is 10.2 Å². The van der Waals surface area contributed by atoms with E-state index in [1.807, 2.05) is 30.3 Å². The van der Waals surface area contributed by atoms with E-state index < -0.39 is 0 Å². The second-order valence-corrected chi connectivity index (χ2v) is 5.89. The van der Waals surface area contributed by atoms with Crippen molar-refractivity contribution in [2.75, 3.05) is 25.0 Å². The fourth-order valence-corrected chi connectivity index (χ4v) is 3.22. The molecule has 5 heteroatoms. The van der Waals surface area contributed by atoms with Crippen LogP contribution in [0.3, 0.4) is 0 Å². The molecule has 0 aliphatic carbocycles. The number of halogens is 1. The molecule has 1 amide bonds. The highest BCUT2D eigenvalue weighted by molar-refractivity contribution is 5.90. The maximum absolute atomic E-state index is 11.9. The summed E-state index contributed by atoms with van der Waals surface area (Å²) in [7, 11) is 0. The standard InChI is InChI=1S/C16H23N3O.ClH/c20-16(18-13-4-2-1-3-5-13)9-11-19-10-8-14-6-7-15(12-19)17-14;/h1-5,14-15,17H,6-12H2,(H,18,20);1H. The molecular weight excluding hydrogens is 286 g/mol. The molecule has 4 nitrogen and oxygen atoms in total. The zero-order valence-corrected chi connectivity index (χ0v) is 13.1. The predicted molar refractivity (Wildman–Crippen MR) is 87.9 cm³/mol. The third-order valence-corrected chi connectivity index (χ3v) is 4.32. The fourth-order valence-electron chi connectivity index (χ4n) is 3.22. The Hall–Kier alpha value is -1.10. The quantitative estimate of drug-likeness (QED) is 0.897. The molecule has 2 bridgehead atoms. The highest BCUT2D eigenvalue weighted by Crippen LogP contribution is 2.20. The molecule has 2 N–H and O–H groups in total. The Morgan fingerprint density at radius 1 is 1.19 bits per heavy atom. The number of fused-ring (bicyclic) bond motifs is 2. The number of nitrogens with zero attached hydrogens (tertiary/aromatic N) is 1. The maximum atomic E-state index is 11.9. The maximum Gasteiger partial charge on any atom is 0.225 e. The molecule has 0 saturated carbocycles. The molecule has 2 heterocycles. The van der Waals surface area contributed by atoms with E-state index in [0.717, 1.165) is 25.3 Å². The van der Waals surface area contributed by atoms with Gasteiger partial charge in [-0.15, -0.1) is 12.4 Å². The van der Waals surface area contributed by atoms with Gasteiger partial charge in [0.25, 0.3) is 0 Å². The Morgan fingerprint density at radius 2 is 1.95 bits per heavy atom. The third kappa shape index (κ3) is 4.70. The van der Waals surface area contributed by atoms with Crippen LogP contribution in [0.25, 0.3) is 0 Å². The number of nitrogens with one attached hydrogen (secondary N) is 2. The van der Waals surface area contributed by atoms with Gasteiger partial charge in [-0.25, -0.2) is 0 Å². The van der Waals surface area contributed by atoms with Gasteiger partial charge in [-0.3, -0.25) is 4.79 Å². The van der Waals surface area contributed by atoms with Gasteiger partial charge in [0.05, 0.1) is 0 Å². The molecule has 1 aromatic carbocycles. The number of likely N-dealkylation sites (tertiary alicyclic amines) is 1. The van der Waals surface area contributed by atoms with Crippen LogP contribution in [0, 0.1) is 0 Å². The minimum absolute atomic E-state index is 0. The molecule has 116 valence electrons. The van der Waals surface area contributed by atoms with E-state index in [1.54, 1.807) is 0 Å². The number of rotatable bonds is 4. The predicted octanol–water partition coefficient (Wildman–Crippen LogP) is 2.26. The second-order valence-electron chi connectivity index (χ2n) is 5.89. The minimum Gasteiger partial charge on any atom is -0.326 e. The lowest BCUT2D eigenvalue weighted by Crippen LogP contribution is -2.36. The van der Waals surface area contributed by atoms with E-state index in [4.69, 9.17) is 0 Å². The third-order valence-electron chi connectivity index (χ3n) is 4.32. The van der Waals surface area contributed by atoms with Crippen molar-refractivity contribution in [2.24, 2.45) is 0 Å². The first-order chi connectivity index (χ1) is 9.79. The molecule has 1 aromatic rings. The fraction of sp³-hybridized carbons (Fsp3) is 0.562. The summed E-state index contributed by atoms with van der Waals surface area (Å²) in [6, 6.07) is 11.0. The number of amides is 1. The van der Waals surface area contributed by atoms with Gasteiger partial charge >= 0.3 is 0 Å². The number of para-hydroxylation sites is 1. The zero-order valence-electron chi connectivity index (χ0n) is 12.3. The first kappa shape index (κ1) is 16.3. The average Bonchev–Trinajstić information content (AvgIpc) is 2.79. The summed E-state index contributed by atoms with van der Waals surface area (Å²) >= 11 is 0. The lowest BCUT2D eigenvalue weighted by molar-refractivity contribution is -0.116. The molecule has 2 unspecified atom stereocenters. The van der Waals surface area contributed by atoms with Crippen molar-refractivity contribution < 1.29 is 4.79 Å². The summed E-state index contributed by atoms with van der Waals surface area (Å²) in [5, 5.41) is 6.62. The van der Waals surface area contributed by atoms with E-state index in [2.05, 4.69) is 15.5 Å². The molecule has 2 aliphatic rings. The number of hydrogen-bond acceptors (Lipinski definition) is 3. The topological polar surface area (TPSA) is 44.4 Å². The summed E-state index contributed by atoms with van der Waals surface area (Å²) in [6.45, 7) is 3.07. The van der Waals surface area contributed by atoms with Crippen LogP contribution in [0.4, 0.5) is 5.69 Å². The van der Waals surface area contributed by atoms with Gasteiger partial charge in [-0.1, -0.05) is 18.2 Å². The lowest BCUT2D eigenvalue weighted by atomic mass is 10.1. The number of carbonyl (C=O) groups is 1. The summed E-state index contributed by atoms with van der Waals surface area (Å²) in [6.07, 6.45) is 4.41. The molecule has 2 aliphatic heterocycles. The summed E-state index contributed by atoms with van der Waals surface area (Å²) in [5.74, 6) is 0.110. The lowest BCUT2D eigenvalue weighted by Gasteiger charge is -2.23. The molecule has 0 spiro atoms. The Kier molecular flexibility index (Phi) is 6.03. The Labute approximate surface area is 132 Å². The van der Waals surface area contributed by atoms with Gasteiger partial charge < -0.3 is 15.5 Å². The highest BCUT2D eigenvalue weighted by atomic mass is 35.5. The molecule has 21 heavy (non-hydrogen) atoms. The van der Waals surface area contributed by atoms with Crippen molar-refractivity contribution in [3.63, 3.8) is 0 Å². The SMILES string of the molecule is Cl.O=C(CCN1CCC2CCC(C1)N2)Nc1ccccc1. The van der Waals surface area contributed by atoms with Gasteiger partial charge in [-0.05, 0) is 37.9 Å². The first-order valence-corrected chi connectivity index (χ1v) is 7.63. The van der Waals surface area contributed by atoms with Crippen LogP contribution in [-0.2, 0) is 4.79 Å². The normalized spacial score (nSPS) is 25.0. The van der Waals surface area contributed by atoms with E-state index in [9.17, 15) is 4.79 Å². The van der Waals surface area contributed by atoms with Gasteiger partial charge in [0, 0.05) is 37.3 Å². The molecule has 2 fully saturated rings. The Morgan fingerprint density at radius 3 is 2.76 bits per heavy atom. The number of anilines is 1. The number of hydrogen-bond donors (Lipinski definition) is 2. The molecule has 2 saturated heterocycles. The van der Waals surface area contributed by atoms with Crippen molar-refractivity contribution in [1.29, 1.82) is 0 Å². The first-order valence-electron chi connectivity index (χ1n) is 7.63. The van der Waals surface area contributed by atoms with Crippen LogP contribution in [0.1, 0.15) is 25.7 Å². The van der Waals surface area contributed by atoms with Crippen LogP contribution >= 0.6 is 12.4 Å². The molecule has 0 radical (unpaired) electrons. The van der Waals surface area contributed by atoms with E-state index in [1.165, 1.54) is 19.3 Å². The van der Waals surface area contributed by atoms with Gasteiger partial charge in [0.1, 0.15) is 0 Å². The zero-order chi connectivity index (χ0) is 13.8. The van der Waals surface area contributed by atoms with Crippen molar-refractivity contribution in [3.05, 3.63) is 30.3 Å². The van der Waals surface area contributed by atoms with Crippen LogP contribution in [0.5, 0.6) is 0 Å². The second kappa shape index (κ2) is 7.78. The number of carbonyl (C=O) groups excluding carboxylic acids is 1. The highest BCUT2D eigenvalue weighted by Gasteiger charge is 2.29. The van der Waals surface area contributed by atoms with E-state index in [0.29, 0.717) is 18.5 Å². The van der Waals surface area contributed by atoms with Crippen molar-refractivity contribution in [2.45, 2.75) is 37.8 Å². The Bertz CT molecular complexity index is 454. The Balaban J connectivity index is 0.00000161. The van der Waals surface area contributed by atoms with Crippen molar-refractivity contribution in [3.8, 4) is 0 Å².